The fourth-order valence-electron chi connectivity index (χ4n) is 4.13. The Kier molecular flexibility index (Phi) is 4.64. The summed E-state index contributed by atoms with van der Waals surface area (Å²) in [5, 5.41) is 0. The van der Waals surface area contributed by atoms with E-state index in [1.54, 1.807) is 6.07 Å². The molecular formula is C21H24N2O3. The molecule has 5 nitrogen and oxygen atoms in total. The van der Waals surface area contributed by atoms with Crippen LogP contribution in [0.1, 0.15) is 41.6 Å². The highest BCUT2D eigenvalue weighted by molar-refractivity contribution is 5.94. The van der Waals surface area contributed by atoms with E-state index in [1.807, 2.05) is 42.2 Å². The van der Waals surface area contributed by atoms with E-state index in [-0.39, 0.29) is 29.2 Å². The minimum absolute atomic E-state index is 0.0980. The second kappa shape index (κ2) is 7.08. The molecule has 0 spiro atoms. The summed E-state index contributed by atoms with van der Waals surface area (Å²) in [5.74, 6) is -0.178. The lowest BCUT2D eigenvalue weighted by Crippen LogP contribution is -2.55. The number of aryl methyl sites for hydroxylation is 1. The van der Waals surface area contributed by atoms with Crippen LogP contribution in [0.3, 0.4) is 0 Å². The zero-order valence-corrected chi connectivity index (χ0v) is 15.0. The Hall–Kier alpha value is -2.40. The predicted octanol–water partition coefficient (Wildman–Crippen LogP) is 3.13. The maximum Gasteiger partial charge on any atom is 0.261 e. The molecule has 2 fully saturated rings. The molecule has 0 bridgehead atoms. The van der Waals surface area contributed by atoms with Gasteiger partial charge in [-0.15, -0.1) is 0 Å². The minimum Gasteiger partial charge on any atom is -0.374 e. The first kappa shape index (κ1) is 17.0. The van der Waals surface area contributed by atoms with Crippen molar-refractivity contribution >= 4 is 5.91 Å². The van der Waals surface area contributed by atoms with E-state index in [0.29, 0.717) is 13.2 Å². The topological polar surface area (TPSA) is 62.4 Å². The van der Waals surface area contributed by atoms with Gasteiger partial charge in [0.2, 0.25) is 0 Å². The molecular weight excluding hydrogens is 328 g/mol. The summed E-state index contributed by atoms with van der Waals surface area (Å²) in [6, 6.07) is 11.5. The van der Waals surface area contributed by atoms with Gasteiger partial charge in [0.05, 0.1) is 18.8 Å². The Balaban J connectivity index is 1.61. The smallest absolute Gasteiger partial charge is 0.261 e. The Morgan fingerprint density at radius 3 is 2.85 bits per heavy atom. The van der Waals surface area contributed by atoms with E-state index >= 15 is 0 Å². The summed E-state index contributed by atoms with van der Waals surface area (Å²) in [5.41, 5.74) is 2.69. The van der Waals surface area contributed by atoms with E-state index in [0.717, 1.165) is 42.5 Å². The molecule has 1 aliphatic carbocycles. The van der Waals surface area contributed by atoms with Gasteiger partial charge in [-0.3, -0.25) is 9.59 Å². The summed E-state index contributed by atoms with van der Waals surface area (Å²) in [7, 11) is 0. The lowest BCUT2D eigenvalue weighted by atomic mass is 9.90. The van der Waals surface area contributed by atoms with Gasteiger partial charge in [0.25, 0.3) is 11.5 Å². The zero-order valence-electron chi connectivity index (χ0n) is 15.0. The number of nitrogens with zero attached hydrogens (tertiary/aromatic N) is 1. The number of carbonyl (C=O) groups is 1. The number of nitrogens with one attached hydrogen (secondary N) is 1. The van der Waals surface area contributed by atoms with Gasteiger partial charge >= 0.3 is 0 Å². The summed E-state index contributed by atoms with van der Waals surface area (Å²) < 4.78 is 5.84. The molecule has 136 valence electrons. The highest BCUT2D eigenvalue weighted by Crippen LogP contribution is 2.29. The highest BCUT2D eigenvalue weighted by Gasteiger charge is 2.37. The molecule has 2 aromatic rings. The maximum atomic E-state index is 13.0. The van der Waals surface area contributed by atoms with Gasteiger partial charge in [-0.1, -0.05) is 36.6 Å². The molecule has 2 heterocycles. The number of carbonyl (C=O) groups excluding carboxylic acids is 1. The van der Waals surface area contributed by atoms with Gasteiger partial charge in [0, 0.05) is 12.2 Å². The minimum atomic E-state index is -0.326. The fourth-order valence-corrected chi connectivity index (χ4v) is 4.13. The second-order valence-corrected chi connectivity index (χ2v) is 7.24. The average Bonchev–Trinajstić information content (AvgIpc) is 2.67. The number of aromatic nitrogens is 1. The van der Waals surface area contributed by atoms with Crippen LogP contribution in [0.2, 0.25) is 0 Å². The molecule has 26 heavy (non-hydrogen) atoms. The van der Waals surface area contributed by atoms with Gasteiger partial charge in [-0.25, -0.2) is 0 Å². The Bertz CT molecular complexity index is 872. The molecule has 2 atom stereocenters. The number of aromatic amines is 1. The van der Waals surface area contributed by atoms with Crippen LogP contribution in [0.15, 0.2) is 41.2 Å². The number of amides is 1. The monoisotopic (exact) mass is 352 g/mol. The normalized spacial score (nSPS) is 22.7. The predicted molar refractivity (Wildman–Crippen MR) is 100 cm³/mol. The van der Waals surface area contributed by atoms with Gasteiger partial charge in [-0.05, 0) is 43.5 Å². The van der Waals surface area contributed by atoms with E-state index in [9.17, 15) is 9.59 Å². The molecule has 1 amide bonds. The molecule has 4 rings (SSSR count). The Morgan fingerprint density at radius 1 is 1.19 bits per heavy atom. The van der Waals surface area contributed by atoms with Crippen LogP contribution in [0.5, 0.6) is 0 Å². The molecule has 1 aromatic heterocycles. The largest absolute Gasteiger partial charge is 0.374 e. The number of hydrogen-bond acceptors (Lipinski definition) is 3. The fraction of sp³-hybridized carbons (Fsp3) is 0.429. The van der Waals surface area contributed by atoms with Gasteiger partial charge in [0.1, 0.15) is 5.56 Å². The quantitative estimate of drug-likeness (QED) is 0.903. The second-order valence-electron chi connectivity index (χ2n) is 7.24. The highest BCUT2D eigenvalue weighted by atomic mass is 16.5. The number of benzene rings is 1. The van der Waals surface area contributed by atoms with Gasteiger partial charge in [0.15, 0.2) is 0 Å². The van der Waals surface area contributed by atoms with Crippen LogP contribution in [-0.4, -0.2) is 41.1 Å². The number of H-pyrrole nitrogens is 1. The van der Waals surface area contributed by atoms with Crippen molar-refractivity contribution in [3.05, 3.63) is 57.9 Å². The molecule has 0 unspecified atom stereocenters. The first-order chi connectivity index (χ1) is 12.6. The lowest BCUT2D eigenvalue weighted by molar-refractivity contribution is -0.0753. The molecule has 2 aliphatic rings. The maximum absolute atomic E-state index is 13.0. The summed E-state index contributed by atoms with van der Waals surface area (Å²) in [6.07, 6.45) is 4.32. The van der Waals surface area contributed by atoms with E-state index < -0.39 is 0 Å². The number of pyridine rings is 1. The van der Waals surface area contributed by atoms with Crippen LogP contribution in [0, 0.1) is 6.92 Å². The van der Waals surface area contributed by atoms with Crippen molar-refractivity contribution < 1.29 is 9.53 Å². The van der Waals surface area contributed by atoms with E-state index in [2.05, 4.69) is 4.98 Å². The standard InChI is InChI=1S/C21H24N2O3/c1-14-5-4-6-15(13-14)17-10-9-16(20(24)22-17)21(25)23-11-12-26-19-8-3-2-7-18(19)23/h4-6,9-10,13,18-19H,2-3,7-8,11-12H2,1H3,(H,22,24)/t18-,19+/m0/s1. The third kappa shape index (κ3) is 3.19. The first-order valence-electron chi connectivity index (χ1n) is 9.36. The zero-order chi connectivity index (χ0) is 18.1. The number of morpholine rings is 1. The molecule has 1 saturated carbocycles. The van der Waals surface area contributed by atoms with Crippen molar-refractivity contribution in [3.8, 4) is 11.3 Å². The van der Waals surface area contributed by atoms with Crippen molar-refractivity contribution in [2.45, 2.75) is 44.8 Å². The van der Waals surface area contributed by atoms with Crippen LogP contribution >= 0.6 is 0 Å². The first-order valence-corrected chi connectivity index (χ1v) is 9.36. The number of ether oxygens (including phenoxy) is 1. The van der Waals surface area contributed by atoms with Crippen molar-refractivity contribution in [3.63, 3.8) is 0 Å². The van der Waals surface area contributed by atoms with Gasteiger partial charge in [-0.2, -0.15) is 0 Å². The molecule has 1 aromatic carbocycles. The van der Waals surface area contributed by atoms with Crippen molar-refractivity contribution in [1.82, 2.24) is 9.88 Å². The number of hydrogen-bond donors (Lipinski definition) is 1. The third-order valence-corrected chi connectivity index (χ3v) is 5.46. The van der Waals surface area contributed by atoms with Gasteiger partial charge < -0.3 is 14.6 Å². The Labute approximate surface area is 153 Å². The molecule has 0 radical (unpaired) electrons. The molecule has 5 heteroatoms. The van der Waals surface area contributed by atoms with Crippen LogP contribution < -0.4 is 5.56 Å². The average molecular weight is 352 g/mol. The van der Waals surface area contributed by atoms with Crippen molar-refractivity contribution in [2.24, 2.45) is 0 Å². The Morgan fingerprint density at radius 2 is 2.04 bits per heavy atom. The summed E-state index contributed by atoms with van der Waals surface area (Å²) in [6.45, 7) is 3.11. The number of rotatable bonds is 2. The van der Waals surface area contributed by atoms with Crippen LogP contribution in [0.25, 0.3) is 11.3 Å². The van der Waals surface area contributed by atoms with Crippen LogP contribution in [0.4, 0.5) is 0 Å². The van der Waals surface area contributed by atoms with Crippen molar-refractivity contribution in [1.29, 1.82) is 0 Å². The molecule has 1 aliphatic heterocycles. The van der Waals surface area contributed by atoms with E-state index in [4.69, 9.17) is 4.74 Å². The SMILES string of the molecule is Cc1cccc(-c2ccc(C(=O)N3CCO[C@@H]4CCCC[C@@H]43)c(=O)[nH]2)c1. The van der Waals surface area contributed by atoms with Crippen LogP contribution in [-0.2, 0) is 4.74 Å². The summed E-state index contributed by atoms with van der Waals surface area (Å²) in [4.78, 5) is 30.4. The molecule has 1 saturated heterocycles. The molecule has 1 N–H and O–H groups in total. The number of fused-ring (bicyclic) bond motifs is 1. The third-order valence-electron chi connectivity index (χ3n) is 5.46. The lowest BCUT2D eigenvalue weighted by Gasteiger charge is -2.43. The summed E-state index contributed by atoms with van der Waals surface area (Å²) >= 11 is 0. The van der Waals surface area contributed by atoms with Crippen molar-refractivity contribution in [2.75, 3.05) is 13.2 Å². The van der Waals surface area contributed by atoms with E-state index in [1.165, 1.54) is 0 Å².